The number of aromatic nitrogens is 4. The maximum Gasteiger partial charge on any atom is 0.322 e. The van der Waals surface area contributed by atoms with Crippen LogP contribution in [0.15, 0.2) is 6.20 Å². The maximum atomic E-state index is 5.10. The van der Waals surface area contributed by atoms with Crippen LogP contribution in [0.4, 0.5) is 11.9 Å². The number of aryl methyl sites for hydroxylation is 1. The van der Waals surface area contributed by atoms with Gasteiger partial charge >= 0.3 is 6.01 Å². The second kappa shape index (κ2) is 7.16. The molecule has 1 unspecified atom stereocenters. The molecule has 0 fully saturated rings. The van der Waals surface area contributed by atoms with Crippen LogP contribution in [0.3, 0.4) is 0 Å². The minimum atomic E-state index is 0.0249. The van der Waals surface area contributed by atoms with Crippen LogP contribution in [0.5, 0.6) is 6.01 Å². The van der Waals surface area contributed by atoms with E-state index in [0.717, 1.165) is 18.0 Å². The van der Waals surface area contributed by atoms with Gasteiger partial charge < -0.3 is 15.4 Å². The Morgan fingerprint density at radius 2 is 2.00 bits per heavy atom. The molecule has 0 radical (unpaired) electrons. The van der Waals surface area contributed by atoms with Crippen molar-refractivity contribution < 1.29 is 4.74 Å². The van der Waals surface area contributed by atoms with E-state index in [0.29, 0.717) is 11.9 Å². The molecule has 1 atom stereocenters. The van der Waals surface area contributed by atoms with Crippen LogP contribution >= 0.6 is 11.3 Å². The van der Waals surface area contributed by atoms with E-state index in [1.807, 2.05) is 20.0 Å². The summed E-state index contributed by atoms with van der Waals surface area (Å²) in [6, 6.07) is 0.306. The maximum absolute atomic E-state index is 5.10. The van der Waals surface area contributed by atoms with Gasteiger partial charge in [0.2, 0.25) is 11.9 Å². The summed E-state index contributed by atoms with van der Waals surface area (Å²) in [5.41, 5.74) is 0. The quantitative estimate of drug-likeness (QED) is 0.813. The Labute approximate surface area is 128 Å². The Kier molecular flexibility index (Phi) is 5.26. The molecule has 7 nitrogen and oxygen atoms in total. The van der Waals surface area contributed by atoms with Crippen LogP contribution in [0.2, 0.25) is 0 Å². The van der Waals surface area contributed by atoms with Crippen molar-refractivity contribution in [2.75, 3.05) is 24.3 Å². The van der Waals surface area contributed by atoms with Gasteiger partial charge in [-0.15, -0.1) is 11.3 Å². The van der Waals surface area contributed by atoms with Gasteiger partial charge in [-0.3, -0.25) is 0 Å². The molecule has 0 aromatic carbocycles. The van der Waals surface area contributed by atoms with E-state index in [4.69, 9.17) is 4.74 Å². The predicted octanol–water partition coefficient (Wildman–Crippen LogP) is 2.50. The molecule has 0 spiro atoms. The Hall–Kier alpha value is -1.96. The number of rotatable bonds is 7. The van der Waals surface area contributed by atoms with Crippen molar-refractivity contribution in [1.29, 1.82) is 0 Å². The first-order valence-corrected chi connectivity index (χ1v) is 7.73. The van der Waals surface area contributed by atoms with Crippen LogP contribution in [-0.2, 0) is 6.42 Å². The molecule has 114 valence electrons. The van der Waals surface area contributed by atoms with E-state index < -0.39 is 0 Å². The molecule has 0 saturated heterocycles. The SMILES string of the molecule is CCNc1nc(NC(C)c2ncc(CC)s2)nc(OC)n1. The van der Waals surface area contributed by atoms with Gasteiger partial charge in [-0.25, -0.2) is 4.98 Å². The summed E-state index contributed by atoms with van der Waals surface area (Å²) in [6.45, 7) is 6.86. The van der Waals surface area contributed by atoms with E-state index in [1.165, 1.54) is 12.0 Å². The Morgan fingerprint density at radius 3 is 2.62 bits per heavy atom. The minimum absolute atomic E-state index is 0.0249. The third-order valence-corrected chi connectivity index (χ3v) is 4.09. The molecular weight excluding hydrogens is 288 g/mol. The van der Waals surface area contributed by atoms with Crippen molar-refractivity contribution in [3.63, 3.8) is 0 Å². The first-order chi connectivity index (χ1) is 10.2. The lowest BCUT2D eigenvalue weighted by molar-refractivity contribution is 0.379. The van der Waals surface area contributed by atoms with Crippen LogP contribution < -0.4 is 15.4 Å². The zero-order valence-electron chi connectivity index (χ0n) is 12.7. The highest BCUT2D eigenvalue weighted by molar-refractivity contribution is 7.11. The van der Waals surface area contributed by atoms with Gasteiger partial charge in [-0.2, -0.15) is 15.0 Å². The van der Waals surface area contributed by atoms with Crippen molar-refractivity contribution in [2.45, 2.75) is 33.2 Å². The first kappa shape index (κ1) is 15.4. The van der Waals surface area contributed by atoms with Crippen LogP contribution in [0.1, 0.15) is 36.7 Å². The van der Waals surface area contributed by atoms with Crippen molar-refractivity contribution in [2.24, 2.45) is 0 Å². The minimum Gasteiger partial charge on any atom is -0.467 e. The van der Waals surface area contributed by atoms with E-state index in [-0.39, 0.29) is 12.1 Å². The number of hydrogen-bond acceptors (Lipinski definition) is 8. The number of anilines is 2. The predicted molar refractivity (Wildman–Crippen MR) is 84.1 cm³/mol. The Balaban J connectivity index is 2.15. The topological polar surface area (TPSA) is 84.9 Å². The number of thiazole rings is 1. The molecule has 0 bridgehead atoms. The lowest BCUT2D eigenvalue weighted by atomic mass is 10.3. The Bertz CT molecular complexity index is 588. The number of hydrogen-bond donors (Lipinski definition) is 2. The standard InChI is InChI=1S/C13H20N6OS/c1-5-9-7-15-10(21-9)8(3)16-12-17-11(14-6-2)18-13(19-12)20-4/h7-8H,5-6H2,1-4H3,(H2,14,16,17,18,19). The summed E-state index contributed by atoms with van der Waals surface area (Å²) in [7, 11) is 1.53. The van der Waals surface area contributed by atoms with E-state index in [2.05, 4.69) is 37.5 Å². The summed E-state index contributed by atoms with van der Waals surface area (Å²) in [5, 5.41) is 7.30. The molecule has 21 heavy (non-hydrogen) atoms. The molecule has 2 aromatic heterocycles. The molecule has 2 heterocycles. The molecule has 0 saturated carbocycles. The number of ether oxygens (including phenoxy) is 1. The molecule has 2 N–H and O–H groups in total. The molecule has 0 amide bonds. The third-order valence-electron chi connectivity index (χ3n) is 2.77. The molecule has 0 aliphatic rings. The van der Waals surface area contributed by atoms with E-state index in [1.54, 1.807) is 11.3 Å². The van der Waals surface area contributed by atoms with Gasteiger partial charge in [0.15, 0.2) is 0 Å². The van der Waals surface area contributed by atoms with Gasteiger partial charge in [0.05, 0.1) is 13.2 Å². The summed E-state index contributed by atoms with van der Waals surface area (Å²) < 4.78 is 5.10. The lowest BCUT2D eigenvalue weighted by Gasteiger charge is -2.12. The molecule has 0 aliphatic heterocycles. The third kappa shape index (κ3) is 4.01. The first-order valence-electron chi connectivity index (χ1n) is 6.91. The van der Waals surface area contributed by atoms with E-state index in [9.17, 15) is 0 Å². The van der Waals surface area contributed by atoms with Gasteiger partial charge in [0, 0.05) is 17.6 Å². The smallest absolute Gasteiger partial charge is 0.322 e. The fourth-order valence-corrected chi connectivity index (χ4v) is 2.55. The van der Waals surface area contributed by atoms with Crippen molar-refractivity contribution in [1.82, 2.24) is 19.9 Å². The highest BCUT2D eigenvalue weighted by Crippen LogP contribution is 2.23. The zero-order valence-corrected chi connectivity index (χ0v) is 13.5. The molecular formula is C13H20N6OS. The summed E-state index contributed by atoms with van der Waals surface area (Å²) >= 11 is 1.69. The zero-order chi connectivity index (χ0) is 15.2. The van der Waals surface area contributed by atoms with Crippen molar-refractivity contribution >= 4 is 23.2 Å². The molecule has 2 rings (SSSR count). The lowest BCUT2D eigenvalue weighted by Crippen LogP contribution is -2.12. The molecule has 0 aliphatic carbocycles. The van der Waals surface area contributed by atoms with Crippen LogP contribution in [0, 0.1) is 0 Å². The van der Waals surface area contributed by atoms with Gasteiger partial charge in [0.1, 0.15) is 5.01 Å². The highest BCUT2D eigenvalue weighted by Gasteiger charge is 2.13. The number of nitrogens with zero attached hydrogens (tertiary/aromatic N) is 4. The fourth-order valence-electron chi connectivity index (χ4n) is 1.69. The number of methoxy groups -OCH3 is 1. The van der Waals surface area contributed by atoms with Gasteiger partial charge in [-0.05, 0) is 20.3 Å². The summed E-state index contributed by atoms with van der Waals surface area (Å²) in [6.07, 6.45) is 2.91. The van der Waals surface area contributed by atoms with Crippen molar-refractivity contribution in [3.8, 4) is 6.01 Å². The number of nitrogens with one attached hydrogen (secondary N) is 2. The fraction of sp³-hybridized carbons (Fsp3) is 0.538. The largest absolute Gasteiger partial charge is 0.467 e. The molecule has 2 aromatic rings. The average Bonchev–Trinajstić information content (AvgIpc) is 2.96. The van der Waals surface area contributed by atoms with Gasteiger partial charge in [0.25, 0.3) is 0 Å². The van der Waals surface area contributed by atoms with Gasteiger partial charge in [-0.1, -0.05) is 6.92 Å². The summed E-state index contributed by atoms with van der Waals surface area (Å²) in [5.74, 6) is 0.964. The van der Waals surface area contributed by atoms with Crippen LogP contribution in [-0.4, -0.2) is 33.6 Å². The highest BCUT2D eigenvalue weighted by atomic mass is 32.1. The van der Waals surface area contributed by atoms with Crippen molar-refractivity contribution in [3.05, 3.63) is 16.1 Å². The Morgan fingerprint density at radius 1 is 1.24 bits per heavy atom. The monoisotopic (exact) mass is 308 g/mol. The second-order valence-electron chi connectivity index (χ2n) is 4.38. The van der Waals surface area contributed by atoms with Crippen LogP contribution in [0.25, 0.3) is 0 Å². The second-order valence-corrected chi connectivity index (χ2v) is 5.53. The molecule has 8 heteroatoms. The normalized spacial score (nSPS) is 12.0. The average molecular weight is 308 g/mol. The van der Waals surface area contributed by atoms with E-state index >= 15 is 0 Å². The summed E-state index contributed by atoms with van der Waals surface area (Å²) in [4.78, 5) is 18.3.